The third-order valence-electron chi connectivity index (χ3n) is 5.46. The van der Waals surface area contributed by atoms with Gasteiger partial charge in [0.2, 0.25) is 0 Å². The number of anilines is 1. The summed E-state index contributed by atoms with van der Waals surface area (Å²) in [5.74, 6) is -1.80. The number of likely N-dealkylation sites (tertiary alicyclic amines) is 1. The fourth-order valence-corrected chi connectivity index (χ4v) is 4.15. The molecule has 2 fully saturated rings. The van der Waals surface area contributed by atoms with Crippen LogP contribution in [0.25, 0.3) is 0 Å². The lowest BCUT2D eigenvalue weighted by molar-refractivity contribution is -0.192. The summed E-state index contributed by atoms with van der Waals surface area (Å²) < 4.78 is 39.6. The Bertz CT molecular complexity index is 879. The van der Waals surface area contributed by atoms with Gasteiger partial charge in [0.1, 0.15) is 5.82 Å². The third-order valence-corrected chi connectivity index (χ3v) is 5.46. The molecule has 2 aliphatic rings. The van der Waals surface area contributed by atoms with Gasteiger partial charge in [-0.1, -0.05) is 0 Å². The summed E-state index contributed by atoms with van der Waals surface area (Å²) >= 11 is 0. The number of ether oxygens (including phenoxy) is 1. The molecule has 12 heteroatoms. The maximum absolute atomic E-state index is 10.6. The average Bonchev–Trinajstić information content (AvgIpc) is 3.04. The number of hydrogen-bond acceptors (Lipinski definition) is 7. The topological polar surface area (TPSA) is 96.6 Å². The van der Waals surface area contributed by atoms with Crippen molar-refractivity contribution in [1.29, 1.82) is 0 Å². The molecule has 2 saturated heterocycles. The normalized spacial score (nSPS) is 22.2. The molecule has 4 heterocycles. The molecular weight excluding hydrogens is 429 g/mol. The van der Waals surface area contributed by atoms with Gasteiger partial charge in [-0.15, -0.1) is 0 Å². The van der Waals surface area contributed by atoms with Crippen molar-refractivity contribution in [3.8, 4) is 0 Å². The Kier molecular flexibility index (Phi) is 7.67. The lowest BCUT2D eigenvalue weighted by atomic mass is 9.80. The SMILES string of the molecule is Cn1cc(CN2CCCC3(COCCN(c4cnccn4)C3)C2)cn1.O=C(O)C(F)(F)F. The van der Waals surface area contributed by atoms with Crippen LogP contribution in [0.3, 0.4) is 0 Å². The largest absolute Gasteiger partial charge is 0.490 e. The predicted octanol–water partition coefficient (Wildman–Crippen LogP) is 1.96. The standard InChI is InChI=1S/C18H26N6O.C2HF3O2/c1-22-11-16(9-21-22)12-23-6-2-3-18(13-23)14-24(7-8-25-15-18)17-10-19-4-5-20-17;3-2(4,5)1(6)7/h4-5,9-11H,2-3,6-8,12-15H2,1H3;(H,6,7). The van der Waals surface area contributed by atoms with Crippen molar-refractivity contribution in [1.82, 2.24) is 24.6 Å². The van der Waals surface area contributed by atoms with E-state index in [0.29, 0.717) is 0 Å². The molecule has 4 rings (SSSR count). The highest BCUT2D eigenvalue weighted by Gasteiger charge is 2.39. The molecule has 0 radical (unpaired) electrons. The molecule has 1 unspecified atom stereocenters. The number of rotatable bonds is 3. The van der Waals surface area contributed by atoms with Crippen LogP contribution < -0.4 is 4.90 Å². The summed E-state index contributed by atoms with van der Waals surface area (Å²) in [5, 5.41) is 11.4. The van der Waals surface area contributed by atoms with Crippen LogP contribution in [0, 0.1) is 5.41 Å². The molecule has 9 nitrogen and oxygen atoms in total. The Hall–Kier alpha value is -2.73. The summed E-state index contributed by atoms with van der Waals surface area (Å²) in [5.41, 5.74) is 1.44. The van der Waals surface area contributed by atoms with E-state index in [1.807, 2.05) is 24.1 Å². The minimum atomic E-state index is -5.08. The first-order chi connectivity index (χ1) is 15.2. The van der Waals surface area contributed by atoms with Crippen molar-refractivity contribution >= 4 is 11.8 Å². The smallest absolute Gasteiger partial charge is 0.475 e. The van der Waals surface area contributed by atoms with Crippen molar-refractivity contribution < 1.29 is 27.8 Å². The van der Waals surface area contributed by atoms with Crippen molar-refractivity contribution in [2.24, 2.45) is 12.5 Å². The second-order valence-electron chi connectivity index (χ2n) is 8.18. The zero-order chi connectivity index (χ0) is 23.2. The Morgan fingerprint density at radius 1 is 1.25 bits per heavy atom. The molecule has 0 aliphatic carbocycles. The van der Waals surface area contributed by atoms with Crippen LogP contribution in [0.5, 0.6) is 0 Å². The van der Waals surface area contributed by atoms with Crippen molar-refractivity contribution in [2.75, 3.05) is 44.3 Å². The summed E-state index contributed by atoms with van der Waals surface area (Å²) in [6.07, 6.45) is 6.75. The first-order valence-electron chi connectivity index (χ1n) is 10.3. The first kappa shape index (κ1) is 23.9. The van der Waals surface area contributed by atoms with E-state index in [0.717, 1.165) is 51.8 Å². The monoisotopic (exact) mass is 456 g/mol. The lowest BCUT2D eigenvalue weighted by Gasteiger charge is -2.43. The molecule has 176 valence electrons. The number of aryl methyl sites for hydroxylation is 1. The van der Waals surface area contributed by atoms with Crippen LogP contribution >= 0.6 is 0 Å². The van der Waals surface area contributed by atoms with E-state index in [-0.39, 0.29) is 5.41 Å². The van der Waals surface area contributed by atoms with Gasteiger partial charge in [-0.25, -0.2) is 9.78 Å². The maximum atomic E-state index is 10.6. The minimum absolute atomic E-state index is 0.161. The van der Waals surface area contributed by atoms with Crippen molar-refractivity contribution in [3.05, 3.63) is 36.5 Å². The van der Waals surface area contributed by atoms with Gasteiger partial charge in [-0.2, -0.15) is 18.3 Å². The second-order valence-corrected chi connectivity index (χ2v) is 8.18. The molecule has 32 heavy (non-hydrogen) atoms. The van der Waals surface area contributed by atoms with Gasteiger partial charge < -0.3 is 14.7 Å². The van der Waals surface area contributed by atoms with Gasteiger partial charge in [-0.3, -0.25) is 14.6 Å². The Labute approximate surface area is 183 Å². The molecule has 1 N–H and O–H groups in total. The van der Waals surface area contributed by atoms with E-state index in [9.17, 15) is 13.2 Å². The molecule has 2 aliphatic heterocycles. The van der Waals surface area contributed by atoms with Crippen molar-refractivity contribution in [3.63, 3.8) is 0 Å². The molecule has 2 aromatic heterocycles. The number of carboxylic acid groups (broad SMARTS) is 1. The highest BCUT2D eigenvalue weighted by molar-refractivity contribution is 5.73. The number of aromatic nitrogens is 4. The summed E-state index contributed by atoms with van der Waals surface area (Å²) in [6.45, 7) is 6.59. The molecular formula is C20H27F3N6O3. The number of nitrogens with zero attached hydrogens (tertiary/aromatic N) is 6. The van der Waals surface area contributed by atoms with Gasteiger partial charge in [0, 0.05) is 62.8 Å². The summed E-state index contributed by atoms with van der Waals surface area (Å²) in [4.78, 5) is 22.5. The zero-order valence-electron chi connectivity index (χ0n) is 17.8. The molecule has 0 bridgehead atoms. The van der Waals surface area contributed by atoms with Gasteiger partial charge >= 0.3 is 12.1 Å². The fourth-order valence-electron chi connectivity index (χ4n) is 4.15. The second kappa shape index (κ2) is 10.3. The number of alkyl halides is 3. The number of halogens is 3. The number of aliphatic carboxylic acids is 1. The van der Waals surface area contributed by atoms with Gasteiger partial charge in [0.15, 0.2) is 0 Å². The highest BCUT2D eigenvalue weighted by atomic mass is 19.4. The zero-order valence-corrected chi connectivity index (χ0v) is 17.8. The summed E-state index contributed by atoms with van der Waals surface area (Å²) in [6, 6.07) is 0. The van der Waals surface area contributed by atoms with E-state index in [1.165, 1.54) is 18.4 Å². The Morgan fingerprint density at radius 3 is 2.66 bits per heavy atom. The third kappa shape index (κ3) is 6.63. The lowest BCUT2D eigenvalue weighted by Crippen LogP contribution is -2.50. The predicted molar refractivity (Wildman–Crippen MR) is 109 cm³/mol. The van der Waals surface area contributed by atoms with E-state index < -0.39 is 12.1 Å². The average molecular weight is 456 g/mol. The van der Waals surface area contributed by atoms with Crippen LogP contribution in [0.1, 0.15) is 18.4 Å². The van der Waals surface area contributed by atoms with E-state index in [1.54, 1.807) is 12.4 Å². The number of carbonyl (C=O) groups is 1. The van der Waals surface area contributed by atoms with Gasteiger partial charge in [-0.05, 0) is 19.4 Å². The van der Waals surface area contributed by atoms with Crippen LogP contribution in [-0.2, 0) is 23.1 Å². The van der Waals surface area contributed by atoms with E-state index in [4.69, 9.17) is 14.6 Å². The molecule has 0 aromatic carbocycles. The van der Waals surface area contributed by atoms with E-state index in [2.05, 4.69) is 31.1 Å². The molecule has 0 saturated carbocycles. The van der Waals surface area contributed by atoms with Crippen LogP contribution in [-0.4, -0.2) is 81.3 Å². The van der Waals surface area contributed by atoms with Crippen LogP contribution in [0.15, 0.2) is 31.0 Å². The van der Waals surface area contributed by atoms with E-state index >= 15 is 0 Å². The van der Waals surface area contributed by atoms with Crippen LogP contribution in [0.2, 0.25) is 0 Å². The number of carboxylic acids is 1. The maximum Gasteiger partial charge on any atom is 0.490 e. The van der Waals surface area contributed by atoms with Crippen LogP contribution in [0.4, 0.5) is 19.0 Å². The quantitative estimate of drug-likeness (QED) is 0.749. The number of hydrogen-bond donors (Lipinski definition) is 1. The number of piperidine rings is 1. The fraction of sp³-hybridized carbons (Fsp3) is 0.600. The molecule has 0 amide bonds. The summed E-state index contributed by atoms with van der Waals surface area (Å²) in [7, 11) is 1.97. The van der Waals surface area contributed by atoms with Gasteiger partial charge in [0.25, 0.3) is 0 Å². The van der Waals surface area contributed by atoms with Gasteiger partial charge in [0.05, 0.1) is 25.6 Å². The highest BCUT2D eigenvalue weighted by Crippen LogP contribution is 2.34. The van der Waals surface area contributed by atoms with Crippen molar-refractivity contribution in [2.45, 2.75) is 25.6 Å². The molecule has 2 aromatic rings. The first-order valence-corrected chi connectivity index (χ1v) is 10.3. The Balaban J connectivity index is 0.000000360. The molecule has 1 spiro atoms. The Morgan fingerprint density at radius 2 is 2.03 bits per heavy atom. The minimum Gasteiger partial charge on any atom is -0.475 e. The molecule has 1 atom stereocenters.